The van der Waals surface area contributed by atoms with E-state index in [4.69, 9.17) is 0 Å². The van der Waals surface area contributed by atoms with E-state index in [1.54, 1.807) is 0 Å². The summed E-state index contributed by atoms with van der Waals surface area (Å²) in [5.74, 6) is 0.661. The maximum Gasteiger partial charge on any atom is -0.0287 e. The van der Waals surface area contributed by atoms with Gasteiger partial charge in [0.05, 0.1) is 0 Å². The lowest BCUT2D eigenvalue weighted by atomic mass is 10.1. The van der Waals surface area contributed by atoms with E-state index in [9.17, 15) is 0 Å². The van der Waals surface area contributed by atoms with Gasteiger partial charge in [-0.1, -0.05) is 51.0 Å². The van der Waals surface area contributed by atoms with Gasteiger partial charge in [0.15, 0.2) is 0 Å². The van der Waals surface area contributed by atoms with E-state index in [2.05, 4.69) is 46.8 Å². The van der Waals surface area contributed by atoms with Crippen LogP contribution in [0.3, 0.4) is 0 Å². The van der Waals surface area contributed by atoms with E-state index in [1.165, 1.54) is 11.1 Å². The lowest BCUT2D eigenvalue weighted by Gasteiger charge is -1.96. The Kier molecular flexibility index (Phi) is 10.0. The molecule has 0 radical (unpaired) electrons. The monoisotopic (exact) mass is 168 g/mol. The summed E-state index contributed by atoms with van der Waals surface area (Å²) in [7, 11) is 0. The quantitative estimate of drug-likeness (QED) is 0.529. The molecule has 0 aromatic carbocycles. The standard InChI is InChI=1S/C10H18.C2H6/c1-8(2)6-7-10(5)9(3)4;1-2/h6-8H,1-5H3;1-2H3/b7-6-;. The summed E-state index contributed by atoms with van der Waals surface area (Å²) >= 11 is 0. The van der Waals surface area contributed by atoms with Crippen molar-refractivity contribution in [2.45, 2.75) is 48.5 Å². The molecule has 0 heterocycles. The van der Waals surface area contributed by atoms with Gasteiger partial charge in [0.25, 0.3) is 0 Å². The Morgan fingerprint density at radius 1 is 1.00 bits per heavy atom. The third-order valence-corrected chi connectivity index (χ3v) is 1.52. The third-order valence-electron chi connectivity index (χ3n) is 1.52. The summed E-state index contributed by atoms with van der Waals surface area (Å²) in [5, 5.41) is 0. The van der Waals surface area contributed by atoms with E-state index in [0.29, 0.717) is 5.92 Å². The van der Waals surface area contributed by atoms with E-state index in [0.717, 1.165) is 0 Å². The Bertz CT molecular complexity index is 143. The number of allylic oxidation sites excluding steroid dienone is 4. The average molecular weight is 168 g/mol. The molecule has 0 N–H and O–H groups in total. The number of rotatable bonds is 2. The van der Waals surface area contributed by atoms with Crippen molar-refractivity contribution < 1.29 is 0 Å². The normalized spacial score (nSPS) is 9.67. The average Bonchev–Trinajstić information content (AvgIpc) is 2.03. The molecule has 0 amide bonds. The molecule has 0 spiro atoms. The molecule has 0 rings (SSSR count). The predicted octanol–water partition coefficient (Wildman–Crippen LogP) is 4.58. The highest BCUT2D eigenvalue weighted by atomic mass is 13.9. The molecule has 0 aromatic rings. The van der Waals surface area contributed by atoms with Crippen molar-refractivity contribution in [3.05, 3.63) is 23.3 Å². The smallest absolute Gasteiger partial charge is 0.0287 e. The Labute approximate surface area is 78.4 Å². The molecule has 0 heteroatoms. The van der Waals surface area contributed by atoms with Gasteiger partial charge in [-0.25, -0.2) is 0 Å². The summed E-state index contributed by atoms with van der Waals surface area (Å²) < 4.78 is 0. The second-order valence-electron chi connectivity index (χ2n) is 3.29. The fourth-order valence-corrected chi connectivity index (χ4v) is 0.503. The van der Waals surface area contributed by atoms with Crippen LogP contribution in [0.1, 0.15) is 48.5 Å². The van der Waals surface area contributed by atoms with Crippen LogP contribution in [0.2, 0.25) is 0 Å². The van der Waals surface area contributed by atoms with E-state index in [1.807, 2.05) is 13.8 Å². The highest BCUT2D eigenvalue weighted by Crippen LogP contribution is 2.05. The fraction of sp³-hybridized carbons (Fsp3) is 0.667. The summed E-state index contributed by atoms with van der Waals surface area (Å²) in [6.45, 7) is 14.8. The van der Waals surface area contributed by atoms with Gasteiger partial charge in [0, 0.05) is 0 Å². The van der Waals surface area contributed by atoms with Gasteiger partial charge in [-0.2, -0.15) is 0 Å². The third kappa shape index (κ3) is 9.48. The van der Waals surface area contributed by atoms with Gasteiger partial charge in [0.2, 0.25) is 0 Å². The lowest BCUT2D eigenvalue weighted by molar-refractivity contribution is 0.830. The summed E-state index contributed by atoms with van der Waals surface area (Å²) in [4.78, 5) is 0. The molecule has 0 aromatic heterocycles. The molecule has 0 atom stereocenters. The van der Waals surface area contributed by atoms with Crippen LogP contribution in [-0.4, -0.2) is 0 Å². The van der Waals surface area contributed by atoms with Crippen LogP contribution in [0.25, 0.3) is 0 Å². The number of hydrogen-bond acceptors (Lipinski definition) is 0. The molecular formula is C12H24. The molecule has 0 bridgehead atoms. The highest BCUT2D eigenvalue weighted by molar-refractivity contribution is 5.20. The van der Waals surface area contributed by atoms with Crippen LogP contribution in [-0.2, 0) is 0 Å². The second kappa shape index (κ2) is 8.58. The molecule has 0 aliphatic heterocycles. The zero-order chi connectivity index (χ0) is 10.1. The first-order chi connectivity index (χ1) is 5.54. The van der Waals surface area contributed by atoms with Gasteiger partial charge >= 0.3 is 0 Å². The van der Waals surface area contributed by atoms with Gasteiger partial charge in [-0.15, -0.1) is 0 Å². The van der Waals surface area contributed by atoms with Crippen LogP contribution < -0.4 is 0 Å². The van der Waals surface area contributed by atoms with Gasteiger partial charge in [-0.05, 0) is 26.7 Å². The maximum absolute atomic E-state index is 2.22. The van der Waals surface area contributed by atoms with Crippen molar-refractivity contribution in [2.24, 2.45) is 5.92 Å². The fourth-order valence-electron chi connectivity index (χ4n) is 0.503. The number of hydrogen-bond donors (Lipinski definition) is 0. The van der Waals surface area contributed by atoms with Crippen LogP contribution in [0, 0.1) is 5.92 Å². The second-order valence-corrected chi connectivity index (χ2v) is 3.29. The summed E-state index contributed by atoms with van der Waals surface area (Å²) in [6, 6.07) is 0. The zero-order valence-electron chi connectivity index (χ0n) is 9.73. The minimum Gasteiger partial charge on any atom is -0.0817 e. The minimum absolute atomic E-state index is 0.661. The molecule has 0 aliphatic rings. The van der Waals surface area contributed by atoms with Crippen molar-refractivity contribution in [3.63, 3.8) is 0 Å². The molecule has 72 valence electrons. The van der Waals surface area contributed by atoms with Crippen LogP contribution >= 0.6 is 0 Å². The van der Waals surface area contributed by atoms with Gasteiger partial charge < -0.3 is 0 Å². The van der Waals surface area contributed by atoms with Crippen LogP contribution in [0.15, 0.2) is 23.3 Å². The van der Waals surface area contributed by atoms with Crippen molar-refractivity contribution >= 4 is 0 Å². The molecule has 0 saturated carbocycles. The Morgan fingerprint density at radius 3 is 1.67 bits per heavy atom. The predicted molar refractivity (Wildman–Crippen MR) is 59.4 cm³/mol. The molecule has 0 saturated heterocycles. The van der Waals surface area contributed by atoms with Crippen molar-refractivity contribution in [1.82, 2.24) is 0 Å². The molecular weight excluding hydrogens is 144 g/mol. The van der Waals surface area contributed by atoms with Gasteiger partial charge in [-0.3, -0.25) is 0 Å². The Balaban J connectivity index is 0. The maximum atomic E-state index is 2.22. The van der Waals surface area contributed by atoms with Gasteiger partial charge in [0.1, 0.15) is 0 Å². The largest absolute Gasteiger partial charge is 0.0817 e. The minimum atomic E-state index is 0.661. The topological polar surface area (TPSA) is 0 Å². The molecule has 12 heavy (non-hydrogen) atoms. The van der Waals surface area contributed by atoms with Crippen LogP contribution in [0.5, 0.6) is 0 Å². The first-order valence-electron chi connectivity index (χ1n) is 4.86. The zero-order valence-corrected chi connectivity index (χ0v) is 9.73. The molecule has 0 fully saturated rings. The van der Waals surface area contributed by atoms with E-state index in [-0.39, 0.29) is 0 Å². The molecule has 0 unspecified atom stereocenters. The van der Waals surface area contributed by atoms with E-state index < -0.39 is 0 Å². The first-order valence-corrected chi connectivity index (χ1v) is 4.86. The van der Waals surface area contributed by atoms with Crippen molar-refractivity contribution in [2.75, 3.05) is 0 Å². The van der Waals surface area contributed by atoms with Crippen molar-refractivity contribution in [3.8, 4) is 0 Å². The molecule has 0 aliphatic carbocycles. The molecule has 0 nitrogen and oxygen atoms in total. The highest BCUT2D eigenvalue weighted by Gasteiger charge is 1.86. The Hall–Kier alpha value is -0.520. The van der Waals surface area contributed by atoms with E-state index >= 15 is 0 Å². The summed E-state index contributed by atoms with van der Waals surface area (Å²) in [6.07, 6.45) is 4.42. The lowest BCUT2D eigenvalue weighted by Crippen LogP contribution is -1.79. The first kappa shape index (κ1) is 14.0. The summed E-state index contributed by atoms with van der Waals surface area (Å²) in [5.41, 5.74) is 2.78. The Morgan fingerprint density at radius 2 is 1.42 bits per heavy atom. The van der Waals surface area contributed by atoms with Crippen molar-refractivity contribution in [1.29, 1.82) is 0 Å². The SMILES string of the molecule is CC.CC(C)=C(C)/C=C\C(C)C. The van der Waals surface area contributed by atoms with Crippen LogP contribution in [0.4, 0.5) is 0 Å².